The number of benzene rings is 2. The first-order valence-electron chi connectivity index (χ1n) is 6.68. The van der Waals surface area contributed by atoms with E-state index in [2.05, 4.69) is 0 Å². The summed E-state index contributed by atoms with van der Waals surface area (Å²) < 4.78 is 0. The average Bonchev–Trinajstić information content (AvgIpc) is 2.47. The van der Waals surface area contributed by atoms with Gasteiger partial charge in [-0.05, 0) is 17.9 Å². The molecule has 0 radical (unpaired) electrons. The van der Waals surface area contributed by atoms with E-state index in [0.717, 1.165) is 5.39 Å². The molecule has 0 spiro atoms. The third-order valence-corrected chi connectivity index (χ3v) is 3.67. The Morgan fingerprint density at radius 2 is 1.95 bits per heavy atom. The predicted molar refractivity (Wildman–Crippen MR) is 75.8 cm³/mol. The van der Waals surface area contributed by atoms with Crippen molar-refractivity contribution in [2.24, 2.45) is 0 Å². The second-order valence-electron chi connectivity index (χ2n) is 5.05. The lowest BCUT2D eigenvalue weighted by Gasteiger charge is -2.26. The van der Waals surface area contributed by atoms with Crippen LogP contribution in [-0.2, 0) is 4.79 Å². The topological polar surface area (TPSA) is 57.6 Å². The normalized spacial score (nSPS) is 15.6. The minimum atomic E-state index is -0.277. The molecule has 4 nitrogen and oxygen atoms in total. The first-order valence-corrected chi connectivity index (χ1v) is 6.68. The number of nitrogens with zero attached hydrogens (tertiary/aromatic N) is 1. The number of phenolic OH excluding ortho intramolecular Hbond substituents is 1. The van der Waals surface area contributed by atoms with E-state index in [9.17, 15) is 14.7 Å². The van der Waals surface area contributed by atoms with Crippen molar-refractivity contribution in [3.8, 4) is 5.75 Å². The van der Waals surface area contributed by atoms with E-state index < -0.39 is 0 Å². The highest BCUT2D eigenvalue weighted by Crippen LogP contribution is 2.29. The Morgan fingerprint density at radius 3 is 2.75 bits per heavy atom. The van der Waals surface area contributed by atoms with Crippen molar-refractivity contribution in [1.82, 2.24) is 4.90 Å². The van der Waals surface area contributed by atoms with Crippen molar-refractivity contribution >= 4 is 22.5 Å². The molecule has 1 fully saturated rings. The highest BCUT2D eigenvalue weighted by Gasteiger charge is 2.24. The molecule has 0 saturated carbocycles. The van der Waals surface area contributed by atoms with Gasteiger partial charge in [-0.25, -0.2) is 0 Å². The van der Waals surface area contributed by atoms with Crippen LogP contribution in [-0.4, -0.2) is 34.8 Å². The summed E-state index contributed by atoms with van der Waals surface area (Å²) in [4.78, 5) is 25.4. The highest BCUT2D eigenvalue weighted by molar-refractivity contribution is 6.04. The second-order valence-corrected chi connectivity index (χ2v) is 5.05. The smallest absolute Gasteiger partial charge is 0.258 e. The van der Waals surface area contributed by atoms with E-state index in [1.807, 2.05) is 24.3 Å². The summed E-state index contributed by atoms with van der Waals surface area (Å²) >= 11 is 0. The predicted octanol–water partition coefficient (Wildman–Crippen LogP) is 2.35. The van der Waals surface area contributed by atoms with Crippen LogP contribution in [0.15, 0.2) is 36.4 Å². The lowest BCUT2D eigenvalue weighted by molar-refractivity contribution is -0.121. The van der Waals surface area contributed by atoms with Crippen molar-refractivity contribution in [2.75, 3.05) is 13.1 Å². The quantitative estimate of drug-likeness (QED) is 0.864. The number of hydrogen-bond donors (Lipinski definition) is 1. The Labute approximate surface area is 116 Å². The maximum Gasteiger partial charge on any atom is 0.258 e. The van der Waals surface area contributed by atoms with Crippen LogP contribution in [0.2, 0.25) is 0 Å². The molecule has 0 unspecified atom stereocenters. The standard InChI is InChI=1S/C16H15NO3/c18-12-5-3-9-17(10-12)16(20)14-8-7-11-4-1-2-6-13(11)15(14)19/h1-2,4,6-8,19H,3,5,9-10H2. The minimum Gasteiger partial charge on any atom is -0.506 e. The van der Waals surface area contributed by atoms with Crippen molar-refractivity contribution in [1.29, 1.82) is 0 Å². The van der Waals surface area contributed by atoms with Gasteiger partial charge in [0.2, 0.25) is 0 Å². The first-order chi connectivity index (χ1) is 9.66. The van der Waals surface area contributed by atoms with E-state index in [1.54, 1.807) is 12.1 Å². The number of rotatable bonds is 1. The van der Waals surface area contributed by atoms with Gasteiger partial charge in [0, 0.05) is 18.4 Å². The molecule has 20 heavy (non-hydrogen) atoms. The van der Waals surface area contributed by atoms with Crippen LogP contribution in [0.1, 0.15) is 23.2 Å². The molecule has 3 rings (SSSR count). The van der Waals surface area contributed by atoms with Gasteiger partial charge < -0.3 is 10.0 Å². The van der Waals surface area contributed by atoms with Gasteiger partial charge in [0.15, 0.2) is 5.78 Å². The SMILES string of the molecule is O=C1CCCN(C(=O)c2ccc3ccccc3c2O)C1. The van der Waals surface area contributed by atoms with Gasteiger partial charge in [-0.3, -0.25) is 9.59 Å². The van der Waals surface area contributed by atoms with Gasteiger partial charge in [-0.15, -0.1) is 0 Å². The van der Waals surface area contributed by atoms with Gasteiger partial charge in [0.25, 0.3) is 5.91 Å². The zero-order chi connectivity index (χ0) is 14.1. The van der Waals surface area contributed by atoms with Crippen LogP contribution >= 0.6 is 0 Å². The maximum absolute atomic E-state index is 12.4. The van der Waals surface area contributed by atoms with Crippen LogP contribution in [0.25, 0.3) is 10.8 Å². The van der Waals surface area contributed by atoms with Crippen molar-refractivity contribution in [3.63, 3.8) is 0 Å². The van der Waals surface area contributed by atoms with Gasteiger partial charge in [-0.2, -0.15) is 0 Å². The van der Waals surface area contributed by atoms with Crippen molar-refractivity contribution < 1.29 is 14.7 Å². The summed E-state index contributed by atoms with van der Waals surface area (Å²) in [5.41, 5.74) is 0.262. The van der Waals surface area contributed by atoms with Gasteiger partial charge in [0.05, 0.1) is 12.1 Å². The van der Waals surface area contributed by atoms with Crippen LogP contribution < -0.4 is 0 Å². The Kier molecular flexibility index (Phi) is 3.14. The largest absolute Gasteiger partial charge is 0.506 e. The molecule has 102 valence electrons. The van der Waals surface area contributed by atoms with Gasteiger partial charge >= 0.3 is 0 Å². The molecule has 1 saturated heterocycles. The molecule has 0 atom stereocenters. The lowest BCUT2D eigenvalue weighted by Crippen LogP contribution is -2.40. The third-order valence-electron chi connectivity index (χ3n) is 3.67. The van der Waals surface area contributed by atoms with Gasteiger partial charge in [-0.1, -0.05) is 30.3 Å². The monoisotopic (exact) mass is 269 g/mol. The molecular weight excluding hydrogens is 254 g/mol. The van der Waals surface area contributed by atoms with Crippen LogP contribution in [0.5, 0.6) is 5.75 Å². The molecule has 4 heteroatoms. The van der Waals surface area contributed by atoms with E-state index >= 15 is 0 Å². The summed E-state index contributed by atoms with van der Waals surface area (Å²) in [5, 5.41) is 11.8. The number of hydrogen-bond acceptors (Lipinski definition) is 3. The van der Waals surface area contributed by atoms with Crippen LogP contribution in [0, 0.1) is 0 Å². The molecule has 1 amide bonds. The molecule has 2 aromatic rings. The van der Waals surface area contributed by atoms with E-state index in [-0.39, 0.29) is 29.5 Å². The second kappa shape index (κ2) is 4.96. The van der Waals surface area contributed by atoms with Gasteiger partial charge in [0.1, 0.15) is 5.75 Å². The Morgan fingerprint density at radius 1 is 1.15 bits per heavy atom. The average molecular weight is 269 g/mol. The summed E-state index contributed by atoms with van der Waals surface area (Å²) in [5.74, 6) is -0.211. The molecule has 2 aromatic carbocycles. The number of fused-ring (bicyclic) bond motifs is 1. The summed E-state index contributed by atoms with van der Waals surface area (Å²) in [6, 6.07) is 10.8. The zero-order valence-corrected chi connectivity index (χ0v) is 11.0. The van der Waals surface area contributed by atoms with E-state index in [1.165, 1.54) is 4.90 Å². The van der Waals surface area contributed by atoms with Crippen LogP contribution in [0.3, 0.4) is 0 Å². The molecule has 1 aliphatic heterocycles. The fourth-order valence-corrected chi connectivity index (χ4v) is 2.61. The number of carbonyl (C=O) groups is 2. The van der Waals surface area contributed by atoms with E-state index in [0.29, 0.717) is 24.8 Å². The summed E-state index contributed by atoms with van der Waals surface area (Å²) in [6.45, 7) is 0.710. The Bertz CT molecular complexity index is 693. The zero-order valence-electron chi connectivity index (χ0n) is 11.0. The molecule has 0 bridgehead atoms. The highest BCUT2D eigenvalue weighted by atomic mass is 16.3. The number of ketones is 1. The number of carbonyl (C=O) groups excluding carboxylic acids is 2. The molecule has 1 aliphatic rings. The molecule has 0 aromatic heterocycles. The number of piperidine rings is 1. The summed E-state index contributed by atoms with van der Waals surface area (Å²) in [7, 11) is 0. The van der Waals surface area contributed by atoms with Crippen molar-refractivity contribution in [2.45, 2.75) is 12.8 Å². The first kappa shape index (κ1) is 12.7. The van der Waals surface area contributed by atoms with E-state index in [4.69, 9.17) is 0 Å². The maximum atomic E-state index is 12.4. The minimum absolute atomic E-state index is 0.00822. The number of amides is 1. The van der Waals surface area contributed by atoms with Crippen molar-refractivity contribution in [3.05, 3.63) is 42.0 Å². The molecular formula is C16H15NO3. The molecule has 0 aliphatic carbocycles. The number of likely N-dealkylation sites (tertiary alicyclic amines) is 1. The molecule has 1 N–H and O–H groups in total. The Balaban J connectivity index is 1.99. The fourth-order valence-electron chi connectivity index (χ4n) is 2.61. The Hall–Kier alpha value is -2.36. The number of Topliss-reactive ketones (excluding diaryl/α,β-unsaturated/α-hetero) is 1. The van der Waals surface area contributed by atoms with Crippen LogP contribution in [0.4, 0.5) is 0 Å². The third kappa shape index (κ3) is 2.13. The number of phenols is 1. The summed E-state index contributed by atoms with van der Waals surface area (Å²) in [6.07, 6.45) is 1.23. The molecule has 1 heterocycles. The lowest BCUT2D eigenvalue weighted by atomic mass is 10.0. The fraction of sp³-hybridized carbons (Fsp3) is 0.250. The number of aromatic hydroxyl groups is 1.